The molecule has 4 nitrogen and oxygen atoms in total. The number of nitrogen functional groups attached to an aromatic ring is 1. The van der Waals surface area contributed by atoms with Crippen molar-refractivity contribution >= 4 is 5.82 Å². The first-order valence-corrected chi connectivity index (χ1v) is 7.23. The van der Waals surface area contributed by atoms with Crippen molar-refractivity contribution in [1.82, 2.24) is 4.98 Å². The van der Waals surface area contributed by atoms with Crippen molar-refractivity contribution in [2.75, 3.05) is 12.8 Å². The highest BCUT2D eigenvalue weighted by atomic mass is 19.1. The third kappa shape index (κ3) is 2.90. The van der Waals surface area contributed by atoms with E-state index in [0.29, 0.717) is 16.8 Å². The first kappa shape index (κ1) is 15.5. The van der Waals surface area contributed by atoms with Crippen LogP contribution in [0.1, 0.15) is 5.56 Å². The Morgan fingerprint density at radius 2 is 1.67 bits per heavy atom. The van der Waals surface area contributed by atoms with E-state index in [4.69, 9.17) is 10.5 Å². The van der Waals surface area contributed by atoms with Gasteiger partial charge in [-0.1, -0.05) is 12.1 Å². The van der Waals surface area contributed by atoms with Crippen LogP contribution in [0, 0.1) is 17.1 Å². The van der Waals surface area contributed by atoms with Crippen molar-refractivity contribution in [2.24, 2.45) is 0 Å². The Bertz CT molecular complexity index is 913. The number of rotatable bonds is 3. The molecule has 0 spiro atoms. The fraction of sp³-hybridized carbons (Fsp3) is 0.0526. The third-order valence-electron chi connectivity index (χ3n) is 3.70. The number of nitrogens with zero attached hydrogens (tertiary/aromatic N) is 2. The SMILES string of the molecule is COc1ccc(-c2cc(-c3ccc(F)cc3)c(C#N)c(N)n2)cc1. The summed E-state index contributed by atoms with van der Waals surface area (Å²) < 4.78 is 18.3. The summed E-state index contributed by atoms with van der Waals surface area (Å²) in [6, 6.07) is 17.1. The summed E-state index contributed by atoms with van der Waals surface area (Å²) in [5.74, 6) is 0.541. The molecule has 0 bridgehead atoms. The minimum absolute atomic E-state index is 0.144. The molecule has 0 aliphatic carbocycles. The standard InChI is InChI=1S/C19H14FN3O/c1-24-15-8-4-13(5-9-15)18-10-16(17(11-21)19(22)23-18)12-2-6-14(20)7-3-12/h2-10H,1H3,(H2,22,23). The van der Waals surface area contributed by atoms with Crippen molar-refractivity contribution < 1.29 is 9.13 Å². The van der Waals surface area contributed by atoms with Crippen molar-refractivity contribution in [2.45, 2.75) is 0 Å². The molecule has 3 aromatic rings. The van der Waals surface area contributed by atoms with E-state index in [0.717, 1.165) is 11.3 Å². The lowest BCUT2D eigenvalue weighted by molar-refractivity contribution is 0.415. The summed E-state index contributed by atoms with van der Waals surface area (Å²) in [6.45, 7) is 0. The average Bonchev–Trinajstić information content (AvgIpc) is 2.62. The number of halogens is 1. The molecular formula is C19H14FN3O. The second kappa shape index (κ2) is 6.39. The van der Waals surface area contributed by atoms with E-state index in [9.17, 15) is 9.65 Å². The van der Waals surface area contributed by atoms with E-state index < -0.39 is 0 Å². The molecule has 1 heterocycles. The Kier molecular flexibility index (Phi) is 4.13. The first-order chi connectivity index (χ1) is 11.6. The molecule has 2 aromatic carbocycles. The maximum Gasteiger partial charge on any atom is 0.142 e. The van der Waals surface area contributed by atoms with Gasteiger partial charge < -0.3 is 10.5 Å². The lowest BCUT2D eigenvalue weighted by Crippen LogP contribution is -1.99. The van der Waals surface area contributed by atoms with E-state index in [1.807, 2.05) is 24.3 Å². The molecule has 0 saturated carbocycles. The fourth-order valence-corrected chi connectivity index (χ4v) is 2.45. The zero-order valence-corrected chi connectivity index (χ0v) is 13.0. The van der Waals surface area contributed by atoms with Gasteiger partial charge in [-0.3, -0.25) is 0 Å². The Balaban J connectivity index is 2.15. The zero-order chi connectivity index (χ0) is 17.1. The molecule has 0 unspecified atom stereocenters. The number of nitriles is 1. The van der Waals surface area contributed by atoms with Crippen LogP contribution in [-0.4, -0.2) is 12.1 Å². The van der Waals surface area contributed by atoms with Crippen molar-refractivity contribution in [1.29, 1.82) is 5.26 Å². The molecule has 2 N–H and O–H groups in total. The number of nitrogens with two attached hydrogens (primary N) is 1. The monoisotopic (exact) mass is 319 g/mol. The van der Waals surface area contributed by atoms with Crippen LogP contribution in [0.4, 0.5) is 10.2 Å². The van der Waals surface area contributed by atoms with Gasteiger partial charge in [-0.05, 0) is 48.0 Å². The lowest BCUT2D eigenvalue weighted by Gasteiger charge is -2.10. The Morgan fingerprint density at radius 1 is 1.04 bits per heavy atom. The van der Waals surface area contributed by atoms with Crippen LogP contribution >= 0.6 is 0 Å². The predicted molar refractivity (Wildman–Crippen MR) is 90.7 cm³/mol. The highest BCUT2D eigenvalue weighted by molar-refractivity contribution is 5.80. The van der Waals surface area contributed by atoms with Gasteiger partial charge in [0.1, 0.15) is 29.0 Å². The second-order valence-electron chi connectivity index (χ2n) is 5.16. The number of aromatic nitrogens is 1. The topological polar surface area (TPSA) is 71.9 Å². The predicted octanol–water partition coefficient (Wildman–Crippen LogP) is 4.02. The third-order valence-corrected chi connectivity index (χ3v) is 3.70. The zero-order valence-electron chi connectivity index (χ0n) is 13.0. The fourth-order valence-electron chi connectivity index (χ4n) is 2.45. The van der Waals surface area contributed by atoms with Gasteiger partial charge in [0.05, 0.1) is 12.8 Å². The molecule has 0 fully saturated rings. The highest BCUT2D eigenvalue weighted by Gasteiger charge is 2.13. The molecule has 0 atom stereocenters. The molecule has 118 valence electrons. The van der Waals surface area contributed by atoms with Gasteiger partial charge in [0.15, 0.2) is 0 Å². The maximum atomic E-state index is 13.2. The van der Waals surface area contributed by atoms with Crippen LogP contribution in [0.25, 0.3) is 22.4 Å². The summed E-state index contributed by atoms with van der Waals surface area (Å²) >= 11 is 0. The average molecular weight is 319 g/mol. The quantitative estimate of drug-likeness (QED) is 0.791. The normalized spacial score (nSPS) is 10.2. The number of methoxy groups -OCH3 is 1. The smallest absolute Gasteiger partial charge is 0.142 e. The number of benzene rings is 2. The number of anilines is 1. The second-order valence-corrected chi connectivity index (χ2v) is 5.16. The van der Waals surface area contributed by atoms with E-state index in [1.54, 1.807) is 25.3 Å². The molecular weight excluding hydrogens is 305 g/mol. The van der Waals surface area contributed by atoms with E-state index in [2.05, 4.69) is 11.1 Å². The van der Waals surface area contributed by atoms with E-state index in [-0.39, 0.29) is 17.2 Å². The van der Waals surface area contributed by atoms with Crippen molar-refractivity contribution in [3.8, 4) is 34.2 Å². The molecule has 5 heteroatoms. The summed E-state index contributed by atoms with van der Waals surface area (Å²) in [7, 11) is 1.60. The summed E-state index contributed by atoms with van der Waals surface area (Å²) in [4.78, 5) is 4.31. The Morgan fingerprint density at radius 3 is 2.25 bits per heavy atom. The molecule has 0 radical (unpaired) electrons. The Labute approximate surface area is 139 Å². The lowest BCUT2D eigenvalue weighted by atomic mass is 9.98. The number of hydrogen-bond acceptors (Lipinski definition) is 4. The van der Waals surface area contributed by atoms with E-state index >= 15 is 0 Å². The first-order valence-electron chi connectivity index (χ1n) is 7.23. The molecule has 0 saturated heterocycles. The van der Waals surface area contributed by atoms with Gasteiger partial charge in [-0.2, -0.15) is 5.26 Å². The van der Waals surface area contributed by atoms with Crippen LogP contribution in [0.15, 0.2) is 54.6 Å². The summed E-state index contributed by atoms with van der Waals surface area (Å²) in [5.41, 5.74) is 9.04. The summed E-state index contributed by atoms with van der Waals surface area (Å²) in [6.07, 6.45) is 0. The van der Waals surface area contributed by atoms with Crippen molar-refractivity contribution in [3.05, 3.63) is 66.0 Å². The largest absolute Gasteiger partial charge is 0.497 e. The van der Waals surface area contributed by atoms with Crippen LogP contribution < -0.4 is 10.5 Å². The molecule has 24 heavy (non-hydrogen) atoms. The van der Waals surface area contributed by atoms with Gasteiger partial charge >= 0.3 is 0 Å². The van der Waals surface area contributed by atoms with Crippen LogP contribution in [0.2, 0.25) is 0 Å². The molecule has 1 aromatic heterocycles. The van der Waals surface area contributed by atoms with Crippen LogP contribution in [0.5, 0.6) is 5.75 Å². The van der Waals surface area contributed by atoms with Gasteiger partial charge in [-0.25, -0.2) is 9.37 Å². The molecule has 0 amide bonds. The highest BCUT2D eigenvalue weighted by Crippen LogP contribution is 2.31. The minimum Gasteiger partial charge on any atom is -0.497 e. The molecule has 3 rings (SSSR count). The van der Waals surface area contributed by atoms with Crippen LogP contribution in [0.3, 0.4) is 0 Å². The maximum absolute atomic E-state index is 13.2. The van der Waals surface area contributed by atoms with Gasteiger partial charge in [0, 0.05) is 11.1 Å². The number of hydrogen-bond donors (Lipinski definition) is 1. The summed E-state index contributed by atoms with van der Waals surface area (Å²) in [5, 5.41) is 9.38. The number of pyridine rings is 1. The van der Waals surface area contributed by atoms with Gasteiger partial charge in [0.25, 0.3) is 0 Å². The van der Waals surface area contributed by atoms with Crippen molar-refractivity contribution in [3.63, 3.8) is 0 Å². The minimum atomic E-state index is -0.338. The molecule has 0 aliphatic rings. The van der Waals surface area contributed by atoms with Crippen LogP contribution in [-0.2, 0) is 0 Å². The Hall–Kier alpha value is -3.39. The number of ether oxygens (including phenoxy) is 1. The molecule has 0 aliphatic heterocycles. The van der Waals surface area contributed by atoms with E-state index in [1.165, 1.54) is 12.1 Å². The van der Waals surface area contributed by atoms with Gasteiger partial charge in [0.2, 0.25) is 0 Å². The van der Waals surface area contributed by atoms with Gasteiger partial charge in [-0.15, -0.1) is 0 Å².